The molecule has 0 spiro atoms. The average molecular weight is 331 g/mol. The Morgan fingerprint density at radius 1 is 1.33 bits per heavy atom. The molecule has 0 unspecified atom stereocenters. The standard InChI is InChI=1S/C17H18FN3O3/c1-23-15-5-4-12(11-13(15)18)17(22)20-14-3-2-6-19-16(14)21-7-9-24-10-8-21/h2-6,11H,7-10H2,1H3,(H,20,22). The zero-order valence-corrected chi connectivity index (χ0v) is 13.3. The van der Waals surface area contributed by atoms with E-state index in [1.54, 1.807) is 18.3 Å². The molecular formula is C17H18FN3O3. The number of carbonyl (C=O) groups excluding carboxylic acids is 1. The molecule has 2 heterocycles. The van der Waals surface area contributed by atoms with Crippen molar-refractivity contribution in [3.8, 4) is 5.75 Å². The maximum atomic E-state index is 13.8. The van der Waals surface area contributed by atoms with Crippen LogP contribution in [-0.2, 0) is 4.74 Å². The summed E-state index contributed by atoms with van der Waals surface area (Å²) in [6.07, 6.45) is 1.67. The molecule has 0 bridgehead atoms. The van der Waals surface area contributed by atoms with Crippen LogP contribution in [0.1, 0.15) is 10.4 Å². The van der Waals surface area contributed by atoms with Crippen LogP contribution < -0.4 is 15.0 Å². The maximum absolute atomic E-state index is 13.8. The number of nitrogens with zero attached hydrogens (tertiary/aromatic N) is 2. The van der Waals surface area contributed by atoms with Crippen LogP contribution in [0.5, 0.6) is 5.75 Å². The highest BCUT2D eigenvalue weighted by Gasteiger charge is 2.18. The summed E-state index contributed by atoms with van der Waals surface area (Å²) in [5, 5.41) is 2.80. The summed E-state index contributed by atoms with van der Waals surface area (Å²) in [4.78, 5) is 18.8. The van der Waals surface area contributed by atoms with Gasteiger partial charge >= 0.3 is 0 Å². The Morgan fingerprint density at radius 3 is 2.83 bits per heavy atom. The maximum Gasteiger partial charge on any atom is 0.255 e. The Labute approximate surface area is 139 Å². The first-order chi connectivity index (χ1) is 11.7. The van der Waals surface area contributed by atoms with E-state index in [0.717, 1.165) is 6.07 Å². The predicted octanol–water partition coefficient (Wildman–Crippen LogP) is 2.32. The Kier molecular flexibility index (Phi) is 4.90. The van der Waals surface area contributed by atoms with Crippen molar-refractivity contribution < 1.29 is 18.7 Å². The average Bonchev–Trinajstić information content (AvgIpc) is 2.63. The molecule has 1 amide bonds. The number of ether oxygens (including phenoxy) is 2. The van der Waals surface area contributed by atoms with Crippen molar-refractivity contribution in [3.05, 3.63) is 47.9 Å². The van der Waals surface area contributed by atoms with Gasteiger partial charge in [-0.25, -0.2) is 9.37 Å². The normalized spacial score (nSPS) is 14.3. The number of nitrogens with one attached hydrogen (secondary N) is 1. The van der Waals surface area contributed by atoms with Gasteiger partial charge in [0, 0.05) is 24.8 Å². The molecule has 0 saturated carbocycles. The van der Waals surface area contributed by atoms with E-state index in [1.807, 2.05) is 4.90 Å². The number of benzene rings is 1. The Morgan fingerprint density at radius 2 is 2.12 bits per heavy atom. The van der Waals surface area contributed by atoms with Gasteiger partial charge in [-0.15, -0.1) is 0 Å². The molecule has 0 radical (unpaired) electrons. The van der Waals surface area contributed by atoms with E-state index >= 15 is 0 Å². The number of carbonyl (C=O) groups is 1. The zero-order valence-electron chi connectivity index (χ0n) is 13.3. The van der Waals surface area contributed by atoms with Gasteiger partial charge in [-0.05, 0) is 30.3 Å². The molecule has 1 fully saturated rings. The summed E-state index contributed by atoms with van der Waals surface area (Å²) in [6, 6.07) is 7.61. The molecule has 6 nitrogen and oxygen atoms in total. The smallest absolute Gasteiger partial charge is 0.255 e. The summed E-state index contributed by atoms with van der Waals surface area (Å²) >= 11 is 0. The second-order valence-corrected chi connectivity index (χ2v) is 5.28. The van der Waals surface area contributed by atoms with E-state index in [2.05, 4.69) is 10.3 Å². The van der Waals surface area contributed by atoms with Gasteiger partial charge in [0.1, 0.15) is 0 Å². The van der Waals surface area contributed by atoms with Crippen molar-refractivity contribution in [1.82, 2.24) is 4.98 Å². The Balaban J connectivity index is 1.80. The third-order valence-corrected chi connectivity index (χ3v) is 3.76. The number of amides is 1. The van der Waals surface area contributed by atoms with E-state index in [0.29, 0.717) is 37.8 Å². The van der Waals surface area contributed by atoms with Gasteiger partial charge < -0.3 is 19.7 Å². The largest absolute Gasteiger partial charge is 0.494 e. The molecular weight excluding hydrogens is 313 g/mol. The lowest BCUT2D eigenvalue weighted by Gasteiger charge is -2.29. The first kappa shape index (κ1) is 16.2. The fourth-order valence-corrected chi connectivity index (χ4v) is 2.52. The summed E-state index contributed by atoms with van der Waals surface area (Å²) in [5.41, 5.74) is 0.797. The number of anilines is 2. The van der Waals surface area contributed by atoms with Gasteiger partial charge in [0.25, 0.3) is 5.91 Å². The molecule has 2 aromatic rings. The van der Waals surface area contributed by atoms with E-state index in [-0.39, 0.29) is 11.3 Å². The van der Waals surface area contributed by atoms with Gasteiger partial charge in [0.2, 0.25) is 0 Å². The molecule has 0 aliphatic carbocycles. The Bertz CT molecular complexity index is 733. The highest BCUT2D eigenvalue weighted by Crippen LogP contribution is 2.25. The molecule has 1 aliphatic heterocycles. The van der Waals surface area contributed by atoms with Gasteiger partial charge in [-0.2, -0.15) is 0 Å². The minimum absolute atomic E-state index is 0.0990. The van der Waals surface area contributed by atoms with Crippen molar-refractivity contribution in [1.29, 1.82) is 0 Å². The Hall–Kier alpha value is -2.67. The van der Waals surface area contributed by atoms with Crippen molar-refractivity contribution in [2.24, 2.45) is 0 Å². The second kappa shape index (κ2) is 7.27. The molecule has 1 N–H and O–H groups in total. The van der Waals surface area contributed by atoms with Crippen molar-refractivity contribution in [2.75, 3.05) is 43.6 Å². The first-order valence-corrected chi connectivity index (χ1v) is 7.61. The van der Waals surface area contributed by atoms with Crippen LogP contribution in [0, 0.1) is 5.82 Å². The fraction of sp³-hybridized carbons (Fsp3) is 0.294. The number of morpholine rings is 1. The summed E-state index contributed by atoms with van der Waals surface area (Å²) in [7, 11) is 1.38. The molecule has 0 atom stereocenters. The zero-order chi connectivity index (χ0) is 16.9. The predicted molar refractivity (Wildman–Crippen MR) is 88.2 cm³/mol. The highest BCUT2D eigenvalue weighted by atomic mass is 19.1. The van der Waals surface area contributed by atoms with Crippen LogP contribution in [0.2, 0.25) is 0 Å². The first-order valence-electron chi connectivity index (χ1n) is 7.61. The number of hydrogen-bond acceptors (Lipinski definition) is 5. The molecule has 1 aromatic carbocycles. The van der Waals surface area contributed by atoms with Crippen molar-refractivity contribution in [2.45, 2.75) is 0 Å². The van der Waals surface area contributed by atoms with Gasteiger partial charge in [-0.1, -0.05) is 0 Å². The molecule has 3 rings (SSSR count). The third-order valence-electron chi connectivity index (χ3n) is 3.76. The van der Waals surface area contributed by atoms with Crippen molar-refractivity contribution in [3.63, 3.8) is 0 Å². The summed E-state index contributed by atoms with van der Waals surface area (Å²) in [6.45, 7) is 2.65. The topological polar surface area (TPSA) is 63.7 Å². The van der Waals surface area contributed by atoms with Gasteiger partial charge in [0.05, 0.1) is 26.0 Å². The number of halogens is 1. The molecule has 1 saturated heterocycles. The van der Waals surface area contributed by atoms with Crippen LogP contribution in [-0.4, -0.2) is 44.3 Å². The van der Waals surface area contributed by atoms with Crippen LogP contribution >= 0.6 is 0 Å². The van der Waals surface area contributed by atoms with E-state index in [4.69, 9.17) is 9.47 Å². The molecule has 24 heavy (non-hydrogen) atoms. The van der Waals surface area contributed by atoms with Crippen LogP contribution in [0.15, 0.2) is 36.5 Å². The lowest BCUT2D eigenvalue weighted by atomic mass is 10.2. The number of methoxy groups -OCH3 is 1. The molecule has 1 aromatic heterocycles. The van der Waals surface area contributed by atoms with E-state index in [9.17, 15) is 9.18 Å². The third kappa shape index (κ3) is 3.46. The molecule has 126 valence electrons. The van der Waals surface area contributed by atoms with Crippen LogP contribution in [0.4, 0.5) is 15.9 Å². The highest BCUT2D eigenvalue weighted by molar-refractivity contribution is 6.05. The van der Waals surface area contributed by atoms with E-state index < -0.39 is 11.7 Å². The number of pyridine rings is 1. The number of rotatable bonds is 4. The second-order valence-electron chi connectivity index (χ2n) is 5.28. The lowest BCUT2D eigenvalue weighted by Crippen LogP contribution is -2.37. The van der Waals surface area contributed by atoms with Crippen LogP contribution in [0.25, 0.3) is 0 Å². The van der Waals surface area contributed by atoms with Crippen molar-refractivity contribution >= 4 is 17.4 Å². The SMILES string of the molecule is COc1ccc(C(=O)Nc2cccnc2N2CCOCC2)cc1F. The lowest BCUT2D eigenvalue weighted by molar-refractivity contribution is 0.102. The minimum atomic E-state index is -0.579. The molecule has 1 aliphatic rings. The van der Waals surface area contributed by atoms with Gasteiger partial charge in [-0.3, -0.25) is 4.79 Å². The number of hydrogen-bond donors (Lipinski definition) is 1. The monoisotopic (exact) mass is 331 g/mol. The van der Waals surface area contributed by atoms with Gasteiger partial charge in [0.15, 0.2) is 17.4 Å². The number of aromatic nitrogens is 1. The quantitative estimate of drug-likeness (QED) is 0.931. The van der Waals surface area contributed by atoms with E-state index in [1.165, 1.54) is 19.2 Å². The summed E-state index contributed by atoms with van der Waals surface area (Å²) in [5.74, 6) is -0.200. The fourth-order valence-electron chi connectivity index (χ4n) is 2.52. The minimum Gasteiger partial charge on any atom is -0.494 e. The van der Waals surface area contributed by atoms with Crippen LogP contribution in [0.3, 0.4) is 0 Å². The molecule has 7 heteroatoms. The summed E-state index contributed by atoms with van der Waals surface area (Å²) < 4.78 is 24.0.